The van der Waals surface area contributed by atoms with E-state index in [1.807, 2.05) is 48.5 Å². The summed E-state index contributed by atoms with van der Waals surface area (Å²) in [6.07, 6.45) is 0. The van der Waals surface area contributed by atoms with Gasteiger partial charge in [0, 0.05) is 15.5 Å². The summed E-state index contributed by atoms with van der Waals surface area (Å²) >= 11 is 0. The molecule has 0 saturated carbocycles. The van der Waals surface area contributed by atoms with Crippen LogP contribution in [0.2, 0.25) is 0 Å². The van der Waals surface area contributed by atoms with Gasteiger partial charge in [-0.25, -0.2) is 0 Å². The predicted molar refractivity (Wildman–Crippen MR) is 75.6 cm³/mol. The van der Waals surface area contributed by atoms with Crippen LogP contribution in [0.15, 0.2) is 58.3 Å². The third-order valence-electron chi connectivity index (χ3n) is 2.17. The van der Waals surface area contributed by atoms with E-state index in [1.54, 1.807) is 28.7 Å². The molecule has 2 N–H and O–H groups in total. The highest BCUT2D eigenvalue weighted by Crippen LogP contribution is 2.37. The monoisotopic (exact) mass is 263 g/mol. The number of hydrogen-bond donors (Lipinski definition) is 1. The van der Waals surface area contributed by atoms with Crippen molar-refractivity contribution in [3.63, 3.8) is 0 Å². The van der Waals surface area contributed by atoms with E-state index in [9.17, 15) is 0 Å². The minimum Gasteiger partial charge on any atom is -0.497 e. The van der Waals surface area contributed by atoms with Gasteiger partial charge in [0.15, 0.2) is 0 Å². The first kappa shape index (κ1) is 12.2. The van der Waals surface area contributed by atoms with Gasteiger partial charge in [-0.1, -0.05) is 21.6 Å². The van der Waals surface area contributed by atoms with Gasteiger partial charge in [0.1, 0.15) is 5.75 Å². The topological polar surface area (TPSA) is 35.2 Å². The average molecular weight is 263 g/mol. The van der Waals surface area contributed by atoms with Crippen LogP contribution in [0.3, 0.4) is 0 Å². The molecule has 0 aliphatic rings. The molecule has 2 aromatic rings. The molecular formula is C13H13NOS2. The third kappa shape index (κ3) is 3.61. The summed E-state index contributed by atoms with van der Waals surface area (Å²) in [7, 11) is 5.11. The fourth-order valence-electron chi connectivity index (χ4n) is 1.25. The highest BCUT2D eigenvalue weighted by atomic mass is 33.1. The molecule has 88 valence electrons. The fourth-order valence-corrected chi connectivity index (χ4v) is 3.18. The highest BCUT2D eigenvalue weighted by Gasteiger charge is 1.98. The molecule has 0 spiro atoms. The maximum absolute atomic E-state index is 5.64. The molecule has 0 aliphatic carbocycles. The number of benzene rings is 2. The highest BCUT2D eigenvalue weighted by molar-refractivity contribution is 8.76. The molecule has 2 rings (SSSR count). The van der Waals surface area contributed by atoms with Crippen molar-refractivity contribution in [1.82, 2.24) is 0 Å². The Kier molecular flexibility index (Phi) is 4.23. The van der Waals surface area contributed by atoms with Crippen molar-refractivity contribution in [1.29, 1.82) is 0 Å². The quantitative estimate of drug-likeness (QED) is 0.666. The lowest BCUT2D eigenvalue weighted by molar-refractivity contribution is 0.414. The van der Waals surface area contributed by atoms with E-state index in [1.165, 1.54) is 9.79 Å². The van der Waals surface area contributed by atoms with Crippen LogP contribution in [-0.2, 0) is 0 Å². The van der Waals surface area contributed by atoms with Gasteiger partial charge >= 0.3 is 0 Å². The van der Waals surface area contributed by atoms with Crippen LogP contribution in [0.4, 0.5) is 5.69 Å². The normalized spacial score (nSPS) is 10.2. The van der Waals surface area contributed by atoms with E-state index in [4.69, 9.17) is 10.5 Å². The van der Waals surface area contributed by atoms with Crippen LogP contribution in [0.5, 0.6) is 5.75 Å². The largest absolute Gasteiger partial charge is 0.497 e. The molecule has 0 aromatic heterocycles. The van der Waals surface area contributed by atoms with E-state index in [0.29, 0.717) is 0 Å². The van der Waals surface area contributed by atoms with Crippen molar-refractivity contribution in [3.05, 3.63) is 48.5 Å². The van der Waals surface area contributed by atoms with Gasteiger partial charge in [-0.15, -0.1) is 0 Å². The lowest BCUT2D eigenvalue weighted by Gasteiger charge is -2.03. The standard InChI is InChI=1S/C13H13NOS2/c1-15-11-4-8-13(9-5-11)17-16-12-6-2-10(14)3-7-12/h2-9H,14H2,1H3. The SMILES string of the molecule is COc1ccc(SSc2ccc(N)cc2)cc1. The predicted octanol–water partition coefficient (Wildman–Crippen LogP) is 4.08. The smallest absolute Gasteiger partial charge is 0.118 e. The minimum atomic E-state index is 0.795. The van der Waals surface area contributed by atoms with Crippen LogP contribution in [0, 0.1) is 0 Å². The molecule has 4 heteroatoms. The zero-order valence-corrected chi connectivity index (χ0v) is 11.1. The van der Waals surface area contributed by atoms with Gasteiger partial charge in [0.25, 0.3) is 0 Å². The van der Waals surface area contributed by atoms with Crippen LogP contribution in [0.1, 0.15) is 0 Å². The molecule has 0 unspecified atom stereocenters. The zero-order chi connectivity index (χ0) is 12.1. The molecule has 0 fully saturated rings. The summed E-state index contributed by atoms with van der Waals surface area (Å²) in [4.78, 5) is 2.40. The van der Waals surface area contributed by atoms with Crippen molar-refractivity contribution < 1.29 is 4.74 Å². The first-order chi connectivity index (χ1) is 8.28. The summed E-state index contributed by atoms with van der Waals surface area (Å²) < 4.78 is 5.12. The lowest BCUT2D eigenvalue weighted by Crippen LogP contribution is -1.82. The number of rotatable bonds is 4. The third-order valence-corrected chi connectivity index (χ3v) is 4.59. The minimum absolute atomic E-state index is 0.795. The number of methoxy groups -OCH3 is 1. The van der Waals surface area contributed by atoms with E-state index in [0.717, 1.165) is 11.4 Å². The van der Waals surface area contributed by atoms with E-state index in [2.05, 4.69) is 0 Å². The van der Waals surface area contributed by atoms with Gasteiger partial charge in [-0.05, 0) is 48.5 Å². The van der Waals surface area contributed by atoms with Crippen molar-refractivity contribution in [3.8, 4) is 5.75 Å². The Labute approximate surface area is 109 Å². The second-order valence-corrected chi connectivity index (χ2v) is 5.69. The second-order valence-electron chi connectivity index (χ2n) is 3.41. The molecule has 17 heavy (non-hydrogen) atoms. The second kappa shape index (κ2) is 5.89. The molecule has 0 amide bonds. The molecule has 0 atom stereocenters. The van der Waals surface area contributed by atoms with Crippen molar-refractivity contribution in [2.24, 2.45) is 0 Å². The van der Waals surface area contributed by atoms with E-state index >= 15 is 0 Å². The first-order valence-electron chi connectivity index (χ1n) is 5.12. The number of ether oxygens (including phenoxy) is 1. The van der Waals surface area contributed by atoms with Crippen molar-refractivity contribution in [2.45, 2.75) is 9.79 Å². The first-order valence-corrected chi connectivity index (χ1v) is 7.27. The number of anilines is 1. The van der Waals surface area contributed by atoms with E-state index < -0.39 is 0 Å². The van der Waals surface area contributed by atoms with E-state index in [-0.39, 0.29) is 0 Å². The van der Waals surface area contributed by atoms with Gasteiger partial charge in [-0.3, -0.25) is 0 Å². The van der Waals surface area contributed by atoms with Crippen LogP contribution in [-0.4, -0.2) is 7.11 Å². The van der Waals surface area contributed by atoms with Gasteiger partial charge < -0.3 is 10.5 Å². The Balaban J connectivity index is 1.95. The molecule has 0 heterocycles. The van der Waals surface area contributed by atoms with Crippen LogP contribution in [0.25, 0.3) is 0 Å². The Morgan fingerprint density at radius 2 is 1.29 bits per heavy atom. The molecule has 2 aromatic carbocycles. The Morgan fingerprint density at radius 1 is 0.824 bits per heavy atom. The maximum atomic E-state index is 5.64. The van der Waals surface area contributed by atoms with Gasteiger partial charge in [0.05, 0.1) is 7.11 Å². The van der Waals surface area contributed by atoms with Gasteiger partial charge in [-0.2, -0.15) is 0 Å². The summed E-state index contributed by atoms with van der Waals surface area (Å²) in [5.74, 6) is 0.881. The maximum Gasteiger partial charge on any atom is 0.118 e. The Hall–Kier alpha value is -1.26. The lowest BCUT2D eigenvalue weighted by atomic mass is 10.3. The van der Waals surface area contributed by atoms with Crippen molar-refractivity contribution in [2.75, 3.05) is 12.8 Å². The zero-order valence-electron chi connectivity index (χ0n) is 9.42. The van der Waals surface area contributed by atoms with Gasteiger partial charge in [0.2, 0.25) is 0 Å². The van der Waals surface area contributed by atoms with Crippen LogP contribution < -0.4 is 10.5 Å². The summed E-state index contributed by atoms with van der Waals surface area (Å²) in [6.45, 7) is 0. The molecule has 0 bridgehead atoms. The Morgan fingerprint density at radius 3 is 1.76 bits per heavy atom. The fraction of sp³-hybridized carbons (Fsp3) is 0.0769. The summed E-state index contributed by atoms with van der Waals surface area (Å²) in [5.41, 5.74) is 6.43. The molecule has 0 saturated heterocycles. The number of nitrogens with two attached hydrogens (primary N) is 1. The average Bonchev–Trinajstić information content (AvgIpc) is 2.39. The molecule has 2 nitrogen and oxygen atoms in total. The molecular weight excluding hydrogens is 250 g/mol. The van der Waals surface area contributed by atoms with Crippen molar-refractivity contribution >= 4 is 27.3 Å². The number of nitrogen functional groups attached to an aromatic ring is 1. The molecule has 0 aliphatic heterocycles. The molecule has 0 radical (unpaired) electrons. The summed E-state index contributed by atoms with van der Waals surface area (Å²) in [5, 5.41) is 0. The van der Waals surface area contributed by atoms with Crippen LogP contribution >= 0.6 is 21.6 Å². The number of hydrogen-bond acceptors (Lipinski definition) is 4. The summed E-state index contributed by atoms with van der Waals surface area (Å²) in [6, 6.07) is 15.9. The Bertz CT molecular complexity index is 468.